The van der Waals surface area contributed by atoms with Gasteiger partial charge in [-0.1, -0.05) is 42.7 Å². The van der Waals surface area contributed by atoms with Crippen LogP contribution in [0.15, 0.2) is 46.4 Å². The number of fused-ring (bicyclic) bond motifs is 1. The van der Waals surface area contributed by atoms with Crippen molar-refractivity contribution in [1.82, 2.24) is 10.2 Å². The average molecular weight is 381 g/mol. The van der Waals surface area contributed by atoms with E-state index in [-0.39, 0.29) is 5.91 Å². The molecule has 2 aromatic rings. The van der Waals surface area contributed by atoms with Gasteiger partial charge in [-0.05, 0) is 50.7 Å². The van der Waals surface area contributed by atoms with E-state index in [2.05, 4.69) is 16.3 Å². The standard InChI is InChI=1S/C24H32N2O2/c27-24(17-22-16-20-10-6-7-11-23(20)28-22)25-21-12-14-26(15-13-21)18-19-8-4-2-1-3-5-9-19/h6-8,10-11,16,21H,1-5,9,12-15,17-18H2,(H,25,27). The first-order chi connectivity index (χ1) is 13.8. The molecule has 0 atom stereocenters. The summed E-state index contributed by atoms with van der Waals surface area (Å²) in [7, 11) is 0. The number of hydrogen-bond donors (Lipinski definition) is 1. The van der Waals surface area contributed by atoms with Crippen LogP contribution in [0.5, 0.6) is 0 Å². The van der Waals surface area contributed by atoms with Crippen molar-refractivity contribution in [1.29, 1.82) is 0 Å². The molecule has 1 fully saturated rings. The van der Waals surface area contributed by atoms with Crippen LogP contribution < -0.4 is 5.32 Å². The van der Waals surface area contributed by atoms with Crippen molar-refractivity contribution in [2.45, 2.75) is 63.8 Å². The van der Waals surface area contributed by atoms with E-state index >= 15 is 0 Å². The van der Waals surface area contributed by atoms with Gasteiger partial charge >= 0.3 is 0 Å². The van der Waals surface area contributed by atoms with Gasteiger partial charge in [0.15, 0.2) is 0 Å². The highest BCUT2D eigenvalue weighted by Gasteiger charge is 2.21. The Bertz CT molecular complexity index is 782. The van der Waals surface area contributed by atoms with E-state index in [0.29, 0.717) is 12.5 Å². The van der Waals surface area contributed by atoms with Crippen LogP contribution in [0.4, 0.5) is 0 Å². The Morgan fingerprint density at radius 1 is 1.11 bits per heavy atom. The van der Waals surface area contributed by atoms with Crippen LogP contribution >= 0.6 is 0 Å². The molecule has 1 saturated heterocycles. The smallest absolute Gasteiger partial charge is 0.227 e. The monoisotopic (exact) mass is 380 g/mol. The molecule has 2 heterocycles. The number of allylic oxidation sites excluding steroid dienone is 1. The fourth-order valence-corrected chi connectivity index (χ4v) is 4.49. The summed E-state index contributed by atoms with van der Waals surface area (Å²) in [5.74, 6) is 0.813. The molecule has 1 aliphatic heterocycles. The number of furan rings is 1. The Balaban J connectivity index is 1.22. The number of piperidine rings is 1. The normalized spacial score (nSPS) is 19.8. The van der Waals surface area contributed by atoms with Gasteiger partial charge in [0.1, 0.15) is 11.3 Å². The zero-order valence-electron chi connectivity index (χ0n) is 16.8. The lowest BCUT2D eigenvalue weighted by Gasteiger charge is -2.33. The molecular weight excluding hydrogens is 348 g/mol. The molecule has 4 nitrogen and oxygen atoms in total. The lowest BCUT2D eigenvalue weighted by molar-refractivity contribution is -0.121. The van der Waals surface area contributed by atoms with Gasteiger partial charge in [-0.2, -0.15) is 0 Å². The number of likely N-dealkylation sites (tertiary alicyclic amines) is 1. The van der Waals surface area contributed by atoms with Crippen LogP contribution in [0.3, 0.4) is 0 Å². The fourth-order valence-electron chi connectivity index (χ4n) is 4.49. The van der Waals surface area contributed by atoms with Gasteiger partial charge in [-0.15, -0.1) is 0 Å². The molecule has 1 aromatic heterocycles. The van der Waals surface area contributed by atoms with Crippen LogP contribution in [0.2, 0.25) is 0 Å². The zero-order valence-corrected chi connectivity index (χ0v) is 16.8. The maximum absolute atomic E-state index is 12.4. The quantitative estimate of drug-likeness (QED) is 0.755. The molecule has 150 valence electrons. The Morgan fingerprint density at radius 2 is 1.93 bits per heavy atom. The minimum absolute atomic E-state index is 0.0697. The van der Waals surface area contributed by atoms with Crippen LogP contribution in [-0.4, -0.2) is 36.5 Å². The molecule has 28 heavy (non-hydrogen) atoms. The third-order valence-electron chi connectivity index (χ3n) is 6.08. The van der Waals surface area contributed by atoms with E-state index < -0.39 is 0 Å². The number of para-hydroxylation sites is 1. The lowest BCUT2D eigenvalue weighted by atomic mass is 9.98. The summed E-state index contributed by atoms with van der Waals surface area (Å²) >= 11 is 0. The molecule has 4 heteroatoms. The molecule has 1 amide bonds. The summed E-state index contributed by atoms with van der Waals surface area (Å²) < 4.78 is 5.77. The third kappa shape index (κ3) is 5.26. The van der Waals surface area contributed by atoms with Crippen molar-refractivity contribution in [3.05, 3.63) is 47.7 Å². The number of nitrogens with zero attached hydrogens (tertiary/aromatic N) is 1. The van der Waals surface area contributed by atoms with Crippen LogP contribution in [-0.2, 0) is 11.2 Å². The number of amides is 1. The third-order valence-corrected chi connectivity index (χ3v) is 6.08. The van der Waals surface area contributed by atoms with Gasteiger partial charge < -0.3 is 9.73 Å². The first-order valence-corrected chi connectivity index (χ1v) is 10.9. The zero-order chi connectivity index (χ0) is 19.2. The minimum atomic E-state index is 0.0697. The Morgan fingerprint density at radius 3 is 2.79 bits per heavy atom. The van der Waals surface area contributed by atoms with Gasteiger partial charge in [-0.25, -0.2) is 0 Å². The second-order valence-corrected chi connectivity index (χ2v) is 8.36. The number of hydrogen-bond acceptors (Lipinski definition) is 3. The van der Waals surface area contributed by atoms with E-state index in [0.717, 1.165) is 49.2 Å². The second-order valence-electron chi connectivity index (χ2n) is 8.36. The summed E-state index contributed by atoms with van der Waals surface area (Å²) in [6.45, 7) is 3.28. The predicted octanol–water partition coefficient (Wildman–Crippen LogP) is 4.84. The maximum atomic E-state index is 12.4. The molecule has 0 spiro atoms. The van der Waals surface area contributed by atoms with E-state index in [4.69, 9.17) is 4.42 Å². The van der Waals surface area contributed by atoms with Gasteiger partial charge in [0.05, 0.1) is 6.42 Å². The van der Waals surface area contributed by atoms with Crippen molar-refractivity contribution in [2.24, 2.45) is 0 Å². The molecule has 1 N–H and O–H groups in total. The molecule has 2 aliphatic rings. The Hall–Kier alpha value is -2.07. The predicted molar refractivity (Wildman–Crippen MR) is 113 cm³/mol. The fraction of sp³-hybridized carbons (Fsp3) is 0.542. The topological polar surface area (TPSA) is 45.5 Å². The highest BCUT2D eigenvalue weighted by Crippen LogP contribution is 2.21. The van der Waals surface area contributed by atoms with Gasteiger partial charge in [0.2, 0.25) is 5.91 Å². The summed E-state index contributed by atoms with van der Waals surface area (Å²) in [4.78, 5) is 15.0. The first-order valence-electron chi connectivity index (χ1n) is 10.9. The highest BCUT2D eigenvalue weighted by atomic mass is 16.3. The van der Waals surface area contributed by atoms with Crippen LogP contribution in [0.1, 0.15) is 57.1 Å². The van der Waals surface area contributed by atoms with Crippen molar-refractivity contribution < 1.29 is 9.21 Å². The summed E-state index contributed by atoms with van der Waals surface area (Å²) in [6.07, 6.45) is 12.9. The molecule has 4 rings (SSSR count). The molecular formula is C24H32N2O2. The molecule has 1 aromatic carbocycles. The Kier molecular flexibility index (Phi) is 6.48. The van der Waals surface area contributed by atoms with Crippen molar-refractivity contribution in [2.75, 3.05) is 19.6 Å². The molecule has 0 unspecified atom stereocenters. The number of rotatable bonds is 5. The highest BCUT2D eigenvalue weighted by molar-refractivity contribution is 5.82. The van der Waals surface area contributed by atoms with Crippen molar-refractivity contribution in [3.8, 4) is 0 Å². The molecule has 0 bridgehead atoms. The molecule has 0 saturated carbocycles. The summed E-state index contributed by atoms with van der Waals surface area (Å²) in [5, 5.41) is 4.27. The van der Waals surface area contributed by atoms with E-state index in [1.165, 1.54) is 38.5 Å². The first kappa shape index (κ1) is 19.3. The average Bonchev–Trinajstić information content (AvgIpc) is 3.07. The van der Waals surface area contributed by atoms with Gasteiger partial charge in [0.25, 0.3) is 0 Å². The maximum Gasteiger partial charge on any atom is 0.227 e. The summed E-state index contributed by atoms with van der Waals surface area (Å²) in [5.41, 5.74) is 2.48. The van der Waals surface area contributed by atoms with Crippen molar-refractivity contribution in [3.63, 3.8) is 0 Å². The molecule has 1 aliphatic carbocycles. The number of nitrogens with one attached hydrogen (secondary N) is 1. The number of carbonyl (C=O) groups is 1. The number of carbonyl (C=O) groups excluding carboxylic acids is 1. The minimum Gasteiger partial charge on any atom is -0.461 e. The largest absolute Gasteiger partial charge is 0.461 e. The van der Waals surface area contributed by atoms with Crippen LogP contribution in [0, 0.1) is 0 Å². The molecule has 0 radical (unpaired) electrons. The number of benzene rings is 1. The Labute approximate surface area is 168 Å². The van der Waals surface area contributed by atoms with Crippen molar-refractivity contribution >= 4 is 16.9 Å². The van der Waals surface area contributed by atoms with Gasteiger partial charge in [-0.3, -0.25) is 9.69 Å². The lowest BCUT2D eigenvalue weighted by Crippen LogP contribution is -2.45. The van der Waals surface area contributed by atoms with E-state index in [1.807, 2.05) is 30.3 Å². The van der Waals surface area contributed by atoms with E-state index in [1.54, 1.807) is 5.57 Å². The van der Waals surface area contributed by atoms with Gasteiger partial charge in [0, 0.05) is 31.1 Å². The van der Waals surface area contributed by atoms with Crippen LogP contribution in [0.25, 0.3) is 11.0 Å². The second kappa shape index (κ2) is 9.42. The summed E-state index contributed by atoms with van der Waals surface area (Å²) in [6, 6.07) is 10.2. The van der Waals surface area contributed by atoms with E-state index in [9.17, 15) is 4.79 Å². The SMILES string of the molecule is O=C(Cc1cc2ccccc2o1)NC1CCN(CC2=CCCCCCC2)CC1.